The summed E-state index contributed by atoms with van der Waals surface area (Å²) in [6.07, 6.45) is -0.975. The van der Waals surface area contributed by atoms with Crippen molar-refractivity contribution in [2.45, 2.75) is 19.1 Å². The van der Waals surface area contributed by atoms with Crippen LogP contribution >= 0.6 is 0 Å². The van der Waals surface area contributed by atoms with Crippen LogP contribution in [-0.4, -0.2) is 70.1 Å². The molecule has 0 unspecified atom stereocenters. The van der Waals surface area contributed by atoms with Crippen LogP contribution in [0, 0.1) is 0 Å². The van der Waals surface area contributed by atoms with E-state index in [-0.39, 0.29) is 22.9 Å². The van der Waals surface area contributed by atoms with E-state index in [1.54, 1.807) is 17.0 Å². The van der Waals surface area contributed by atoms with Gasteiger partial charge in [-0.05, 0) is 18.6 Å². The summed E-state index contributed by atoms with van der Waals surface area (Å²) in [5.41, 5.74) is 0.186. The number of amides is 1. The minimum Gasteiger partial charge on any atom is -0.497 e. The topological polar surface area (TPSA) is 94.4 Å². The van der Waals surface area contributed by atoms with Crippen LogP contribution in [0.2, 0.25) is 0 Å². The molecule has 0 saturated carbocycles. The van der Waals surface area contributed by atoms with Crippen molar-refractivity contribution in [3.05, 3.63) is 36.3 Å². The highest BCUT2D eigenvalue weighted by Gasteiger charge is 2.30. The van der Waals surface area contributed by atoms with Crippen molar-refractivity contribution in [3.8, 4) is 5.75 Å². The van der Waals surface area contributed by atoms with Crippen LogP contribution < -0.4 is 10.1 Å². The van der Waals surface area contributed by atoms with Crippen molar-refractivity contribution < 1.29 is 27.4 Å². The first-order chi connectivity index (χ1) is 15.3. The predicted molar refractivity (Wildman–Crippen MR) is 109 cm³/mol. The third-order valence-electron chi connectivity index (χ3n) is 4.91. The van der Waals surface area contributed by atoms with E-state index in [0.717, 1.165) is 4.68 Å². The number of pyridine rings is 2. The minimum atomic E-state index is -4.50. The maximum atomic E-state index is 13.2. The molecule has 1 saturated heterocycles. The molecule has 0 atom stereocenters. The van der Waals surface area contributed by atoms with E-state index in [2.05, 4.69) is 20.4 Å². The Morgan fingerprint density at radius 1 is 1.25 bits per heavy atom. The number of anilines is 2. The number of nitrogens with zero attached hydrogens (tertiary/aromatic N) is 5. The van der Waals surface area contributed by atoms with Crippen LogP contribution in [0.25, 0.3) is 10.9 Å². The molecule has 9 nitrogen and oxygen atoms in total. The maximum Gasteiger partial charge on any atom is 0.408 e. The number of aromatic nitrogens is 4. The van der Waals surface area contributed by atoms with Gasteiger partial charge >= 0.3 is 6.18 Å². The minimum absolute atomic E-state index is 0.0498. The molecule has 0 aliphatic carbocycles. The molecule has 12 heteroatoms. The Morgan fingerprint density at radius 2 is 2.09 bits per heavy atom. The summed E-state index contributed by atoms with van der Waals surface area (Å²) in [7, 11) is 1.49. The van der Waals surface area contributed by atoms with Gasteiger partial charge in [-0.3, -0.25) is 14.5 Å². The Morgan fingerprint density at radius 3 is 2.88 bits per heavy atom. The number of fused-ring (bicyclic) bond motifs is 1. The van der Waals surface area contributed by atoms with Crippen LogP contribution in [0.3, 0.4) is 0 Å². The first-order valence-corrected chi connectivity index (χ1v) is 9.91. The van der Waals surface area contributed by atoms with Gasteiger partial charge in [0.1, 0.15) is 23.8 Å². The van der Waals surface area contributed by atoms with E-state index in [0.29, 0.717) is 49.7 Å². The van der Waals surface area contributed by atoms with Crippen molar-refractivity contribution in [1.82, 2.24) is 24.6 Å². The lowest BCUT2D eigenvalue weighted by atomic mass is 10.2. The number of alkyl halides is 3. The van der Waals surface area contributed by atoms with Gasteiger partial charge in [0.25, 0.3) is 5.91 Å². The van der Waals surface area contributed by atoms with Crippen LogP contribution in [0.5, 0.6) is 5.75 Å². The lowest BCUT2D eigenvalue weighted by molar-refractivity contribution is -0.141. The predicted octanol–water partition coefficient (Wildman–Crippen LogP) is 3.00. The van der Waals surface area contributed by atoms with E-state index in [1.165, 1.54) is 25.6 Å². The number of methoxy groups -OCH3 is 1. The van der Waals surface area contributed by atoms with Crippen LogP contribution in [0.15, 0.2) is 30.6 Å². The standard InChI is InChI=1S/C20H21F3N6O3/c1-31-13-3-4-24-17(9-13)26-18-14-11-25-15(19(30)28-5-2-7-32-8-6-28)10-16(14)29(27-18)12-20(21,22)23/h3-4,9-11H,2,5-8,12H2,1H3,(H,24,26,27). The molecule has 0 radical (unpaired) electrons. The lowest BCUT2D eigenvalue weighted by Gasteiger charge is -2.19. The molecule has 1 amide bonds. The molecule has 4 rings (SSSR count). The fourth-order valence-electron chi connectivity index (χ4n) is 3.41. The Balaban J connectivity index is 1.71. The number of carbonyl (C=O) groups excluding carboxylic acids is 1. The summed E-state index contributed by atoms with van der Waals surface area (Å²) < 4.78 is 50.9. The first-order valence-electron chi connectivity index (χ1n) is 9.91. The molecule has 1 N–H and O–H groups in total. The number of carbonyl (C=O) groups is 1. The molecule has 0 bridgehead atoms. The van der Waals surface area contributed by atoms with E-state index < -0.39 is 12.7 Å². The van der Waals surface area contributed by atoms with Gasteiger partial charge in [-0.25, -0.2) is 4.98 Å². The smallest absolute Gasteiger partial charge is 0.408 e. The molecule has 32 heavy (non-hydrogen) atoms. The van der Waals surface area contributed by atoms with Gasteiger partial charge in [0.15, 0.2) is 5.82 Å². The Kier molecular flexibility index (Phi) is 6.12. The van der Waals surface area contributed by atoms with Gasteiger partial charge in [-0.15, -0.1) is 0 Å². The van der Waals surface area contributed by atoms with Gasteiger partial charge in [0, 0.05) is 38.2 Å². The summed E-state index contributed by atoms with van der Waals surface area (Å²) >= 11 is 0. The van der Waals surface area contributed by atoms with Gasteiger partial charge in [0.2, 0.25) is 0 Å². The molecule has 0 spiro atoms. The van der Waals surface area contributed by atoms with Gasteiger partial charge in [-0.2, -0.15) is 18.3 Å². The number of hydrogen-bond acceptors (Lipinski definition) is 7. The summed E-state index contributed by atoms with van der Waals surface area (Å²) in [6, 6.07) is 4.56. The van der Waals surface area contributed by atoms with E-state index in [4.69, 9.17) is 9.47 Å². The van der Waals surface area contributed by atoms with E-state index >= 15 is 0 Å². The third-order valence-corrected chi connectivity index (χ3v) is 4.91. The quantitative estimate of drug-likeness (QED) is 0.639. The molecular formula is C20H21F3N6O3. The molecule has 0 aromatic carbocycles. The average molecular weight is 450 g/mol. The van der Waals surface area contributed by atoms with Gasteiger partial charge in [-0.1, -0.05) is 0 Å². The number of ether oxygens (including phenoxy) is 2. The first kappa shape index (κ1) is 21.8. The zero-order valence-electron chi connectivity index (χ0n) is 17.2. The lowest BCUT2D eigenvalue weighted by Crippen LogP contribution is -2.33. The molecule has 1 aliphatic heterocycles. The molecule has 4 heterocycles. The van der Waals surface area contributed by atoms with E-state index in [9.17, 15) is 18.0 Å². The maximum absolute atomic E-state index is 13.2. The SMILES string of the molecule is COc1ccnc(Nc2nn(CC(F)(F)F)c3cc(C(=O)N4CCCOCC4)ncc23)c1. The number of halogens is 3. The highest BCUT2D eigenvalue weighted by Crippen LogP contribution is 2.29. The van der Waals surface area contributed by atoms with Crippen molar-refractivity contribution in [3.63, 3.8) is 0 Å². The van der Waals surface area contributed by atoms with Crippen LogP contribution in [0.1, 0.15) is 16.9 Å². The number of rotatable bonds is 5. The molecule has 1 aliphatic rings. The fourth-order valence-corrected chi connectivity index (χ4v) is 3.41. The average Bonchev–Trinajstić information content (AvgIpc) is 2.94. The molecular weight excluding hydrogens is 429 g/mol. The Bertz CT molecular complexity index is 1110. The summed E-state index contributed by atoms with van der Waals surface area (Å²) in [6.45, 7) is 0.540. The largest absolute Gasteiger partial charge is 0.497 e. The van der Waals surface area contributed by atoms with Crippen molar-refractivity contribution in [2.75, 3.05) is 38.7 Å². The van der Waals surface area contributed by atoms with Crippen LogP contribution in [-0.2, 0) is 11.3 Å². The third kappa shape index (κ3) is 4.90. The van der Waals surface area contributed by atoms with Crippen molar-refractivity contribution >= 4 is 28.4 Å². The Labute approximate surface area is 181 Å². The summed E-state index contributed by atoms with van der Waals surface area (Å²) in [5, 5.41) is 7.31. The molecule has 3 aromatic rings. The molecule has 1 fully saturated rings. The zero-order chi connectivity index (χ0) is 22.7. The molecule has 3 aromatic heterocycles. The molecule has 170 valence electrons. The van der Waals surface area contributed by atoms with Crippen LogP contribution in [0.4, 0.5) is 24.8 Å². The summed E-state index contributed by atoms with van der Waals surface area (Å²) in [5.74, 6) is 0.641. The van der Waals surface area contributed by atoms with E-state index in [1.807, 2.05) is 0 Å². The highest BCUT2D eigenvalue weighted by molar-refractivity contribution is 5.98. The zero-order valence-corrected chi connectivity index (χ0v) is 17.2. The fraction of sp³-hybridized carbons (Fsp3) is 0.400. The van der Waals surface area contributed by atoms with Crippen molar-refractivity contribution in [1.29, 1.82) is 0 Å². The Hall–Kier alpha value is -3.41. The summed E-state index contributed by atoms with van der Waals surface area (Å²) in [4.78, 5) is 22.8. The second kappa shape index (κ2) is 8.99. The second-order valence-electron chi connectivity index (χ2n) is 7.17. The number of nitrogens with one attached hydrogen (secondary N) is 1. The second-order valence-corrected chi connectivity index (χ2v) is 7.17. The van der Waals surface area contributed by atoms with Gasteiger partial charge < -0.3 is 19.7 Å². The normalized spacial score (nSPS) is 14.9. The number of hydrogen-bond donors (Lipinski definition) is 1. The highest BCUT2D eigenvalue weighted by atomic mass is 19.4. The van der Waals surface area contributed by atoms with Crippen molar-refractivity contribution in [2.24, 2.45) is 0 Å². The van der Waals surface area contributed by atoms with Gasteiger partial charge in [0.05, 0.1) is 24.6 Å². The monoisotopic (exact) mass is 450 g/mol.